The molecule has 0 unspecified atom stereocenters. The number of aromatic nitrogens is 2. The van der Waals surface area contributed by atoms with Crippen molar-refractivity contribution < 1.29 is 23.2 Å². The van der Waals surface area contributed by atoms with Crippen LogP contribution in [0.5, 0.6) is 5.75 Å². The molecule has 0 bridgehead atoms. The standard InChI is InChI=1S/C26H22N4O5/c1-30-24(26(32)27-14-20-7-4-12-33-20)22(15-28-30)29-25(31)23-11-10-21(35-23)16-34-19-9-8-17-5-2-3-6-18(17)13-19/h2-13,15H,14,16H2,1H3,(H,27,32)(H,29,31). The van der Waals surface area contributed by atoms with E-state index < -0.39 is 11.8 Å². The first kappa shape index (κ1) is 22.0. The van der Waals surface area contributed by atoms with Crippen LogP contribution in [0.3, 0.4) is 0 Å². The lowest BCUT2D eigenvalue weighted by Gasteiger charge is -2.08. The van der Waals surface area contributed by atoms with Crippen LogP contribution < -0.4 is 15.4 Å². The first-order valence-electron chi connectivity index (χ1n) is 10.9. The van der Waals surface area contributed by atoms with E-state index in [2.05, 4.69) is 15.7 Å². The summed E-state index contributed by atoms with van der Waals surface area (Å²) in [6, 6.07) is 20.6. The summed E-state index contributed by atoms with van der Waals surface area (Å²) in [5.41, 5.74) is 0.469. The van der Waals surface area contributed by atoms with E-state index in [1.807, 2.05) is 42.5 Å². The van der Waals surface area contributed by atoms with Crippen LogP contribution in [0, 0.1) is 0 Å². The van der Waals surface area contributed by atoms with Gasteiger partial charge in [-0.3, -0.25) is 14.3 Å². The number of nitrogens with zero attached hydrogens (tertiary/aromatic N) is 2. The molecule has 0 aliphatic rings. The molecule has 0 saturated carbocycles. The fourth-order valence-corrected chi connectivity index (χ4v) is 3.64. The van der Waals surface area contributed by atoms with Gasteiger partial charge < -0.3 is 24.2 Å². The molecule has 3 heterocycles. The van der Waals surface area contributed by atoms with Crippen LogP contribution in [0.25, 0.3) is 10.8 Å². The number of ether oxygens (including phenoxy) is 1. The normalized spacial score (nSPS) is 10.9. The average molecular weight is 470 g/mol. The summed E-state index contributed by atoms with van der Waals surface area (Å²) in [4.78, 5) is 25.4. The van der Waals surface area contributed by atoms with Crippen LogP contribution in [-0.2, 0) is 20.2 Å². The predicted octanol–water partition coefficient (Wildman–Crippen LogP) is 4.52. The average Bonchev–Trinajstić information content (AvgIpc) is 3.63. The quantitative estimate of drug-likeness (QED) is 0.345. The van der Waals surface area contributed by atoms with Gasteiger partial charge in [-0.2, -0.15) is 5.10 Å². The second-order valence-corrected chi connectivity index (χ2v) is 7.81. The van der Waals surface area contributed by atoms with E-state index in [4.69, 9.17) is 13.6 Å². The van der Waals surface area contributed by atoms with Crippen LogP contribution in [0.2, 0.25) is 0 Å². The number of furan rings is 2. The Hall–Kier alpha value is -4.79. The number of rotatable bonds is 8. The van der Waals surface area contributed by atoms with E-state index in [-0.39, 0.29) is 30.3 Å². The molecule has 5 aromatic rings. The summed E-state index contributed by atoms with van der Waals surface area (Å²) in [5, 5.41) is 11.7. The number of fused-ring (bicyclic) bond motifs is 1. The number of benzene rings is 2. The number of anilines is 1. The molecule has 5 rings (SSSR count). The van der Waals surface area contributed by atoms with Crippen molar-refractivity contribution in [3.63, 3.8) is 0 Å². The molecule has 0 fully saturated rings. The van der Waals surface area contributed by atoms with Gasteiger partial charge in [-0.25, -0.2) is 0 Å². The number of hydrogen-bond acceptors (Lipinski definition) is 6. The Morgan fingerprint density at radius 1 is 0.971 bits per heavy atom. The summed E-state index contributed by atoms with van der Waals surface area (Å²) in [6.07, 6.45) is 2.94. The molecule has 0 aliphatic carbocycles. The van der Waals surface area contributed by atoms with Crippen LogP contribution in [-0.4, -0.2) is 21.6 Å². The molecule has 176 valence electrons. The van der Waals surface area contributed by atoms with E-state index in [0.717, 1.165) is 10.8 Å². The van der Waals surface area contributed by atoms with Gasteiger partial charge in [-0.1, -0.05) is 30.3 Å². The maximum atomic E-state index is 12.7. The molecule has 0 spiro atoms. The van der Waals surface area contributed by atoms with E-state index in [0.29, 0.717) is 17.3 Å². The van der Waals surface area contributed by atoms with Crippen LogP contribution in [0.15, 0.2) is 88.0 Å². The highest BCUT2D eigenvalue weighted by molar-refractivity contribution is 6.07. The number of hydrogen-bond donors (Lipinski definition) is 2. The topological polar surface area (TPSA) is 112 Å². The van der Waals surface area contributed by atoms with E-state index in [1.165, 1.54) is 17.1 Å². The molecule has 9 nitrogen and oxygen atoms in total. The van der Waals surface area contributed by atoms with Gasteiger partial charge >= 0.3 is 0 Å². The number of carbonyl (C=O) groups excluding carboxylic acids is 2. The van der Waals surface area contributed by atoms with Gasteiger partial charge in [0.05, 0.1) is 24.7 Å². The lowest BCUT2D eigenvalue weighted by atomic mass is 10.1. The Balaban J connectivity index is 1.21. The Kier molecular flexibility index (Phi) is 6.04. The van der Waals surface area contributed by atoms with Crippen molar-refractivity contribution in [1.82, 2.24) is 15.1 Å². The maximum Gasteiger partial charge on any atom is 0.291 e. The Bertz CT molecular complexity index is 1480. The smallest absolute Gasteiger partial charge is 0.291 e. The van der Waals surface area contributed by atoms with Crippen LogP contribution >= 0.6 is 0 Å². The van der Waals surface area contributed by atoms with Crippen molar-refractivity contribution in [2.45, 2.75) is 13.2 Å². The van der Waals surface area contributed by atoms with Crippen molar-refractivity contribution in [3.8, 4) is 5.75 Å². The molecule has 2 N–H and O–H groups in total. The van der Waals surface area contributed by atoms with Crippen LogP contribution in [0.1, 0.15) is 32.6 Å². The number of carbonyl (C=O) groups is 2. The van der Waals surface area contributed by atoms with Crippen molar-refractivity contribution in [1.29, 1.82) is 0 Å². The molecule has 35 heavy (non-hydrogen) atoms. The Labute approximate surface area is 200 Å². The SMILES string of the molecule is Cn1ncc(NC(=O)c2ccc(COc3ccc4ccccc4c3)o2)c1C(=O)NCc1ccco1. The van der Waals surface area contributed by atoms with Gasteiger partial charge in [0.1, 0.15) is 29.6 Å². The summed E-state index contributed by atoms with van der Waals surface area (Å²) >= 11 is 0. The summed E-state index contributed by atoms with van der Waals surface area (Å²) in [6.45, 7) is 0.377. The minimum absolute atomic E-state index is 0.0907. The molecule has 0 saturated heterocycles. The number of nitrogens with one attached hydrogen (secondary N) is 2. The lowest BCUT2D eigenvalue weighted by molar-refractivity contribution is 0.0939. The van der Waals surface area contributed by atoms with Gasteiger partial charge in [0.25, 0.3) is 11.8 Å². The maximum absolute atomic E-state index is 12.7. The second kappa shape index (κ2) is 9.60. The van der Waals surface area contributed by atoms with Crippen molar-refractivity contribution in [2.24, 2.45) is 7.05 Å². The van der Waals surface area contributed by atoms with Crippen molar-refractivity contribution >= 4 is 28.3 Å². The van der Waals surface area contributed by atoms with Gasteiger partial charge in [0.15, 0.2) is 5.76 Å². The third kappa shape index (κ3) is 4.93. The van der Waals surface area contributed by atoms with Crippen molar-refractivity contribution in [3.05, 3.63) is 102 Å². The van der Waals surface area contributed by atoms with Gasteiger partial charge in [0.2, 0.25) is 0 Å². The predicted molar refractivity (Wildman–Crippen MR) is 128 cm³/mol. The molecule has 3 aromatic heterocycles. The highest BCUT2D eigenvalue weighted by atomic mass is 16.5. The second-order valence-electron chi connectivity index (χ2n) is 7.81. The Morgan fingerprint density at radius 3 is 2.66 bits per heavy atom. The molecular weight excluding hydrogens is 448 g/mol. The molecule has 0 aliphatic heterocycles. The van der Waals surface area contributed by atoms with Gasteiger partial charge in [-0.05, 0) is 47.2 Å². The molecular formula is C26H22N4O5. The third-order valence-corrected chi connectivity index (χ3v) is 5.39. The molecule has 9 heteroatoms. The third-order valence-electron chi connectivity index (χ3n) is 5.39. The van der Waals surface area contributed by atoms with Gasteiger partial charge in [0, 0.05) is 7.05 Å². The monoisotopic (exact) mass is 470 g/mol. The van der Waals surface area contributed by atoms with E-state index in [1.54, 1.807) is 31.3 Å². The zero-order valence-corrected chi connectivity index (χ0v) is 18.9. The molecule has 2 amide bonds. The largest absolute Gasteiger partial charge is 0.486 e. The van der Waals surface area contributed by atoms with Crippen LogP contribution in [0.4, 0.5) is 5.69 Å². The zero-order chi connectivity index (χ0) is 24.2. The first-order valence-corrected chi connectivity index (χ1v) is 10.9. The fraction of sp³-hybridized carbons (Fsp3) is 0.115. The molecule has 0 atom stereocenters. The number of amides is 2. The summed E-state index contributed by atoms with van der Waals surface area (Å²) < 4.78 is 18.1. The summed E-state index contributed by atoms with van der Waals surface area (Å²) in [7, 11) is 1.62. The Morgan fingerprint density at radius 2 is 1.83 bits per heavy atom. The molecule has 2 aromatic carbocycles. The summed E-state index contributed by atoms with van der Waals surface area (Å²) in [5.74, 6) is 0.987. The van der Waals surface area contributed by atoms with Crippen molar-refractivity contribution in [2.75, 3.05) is 5.32 Å². The van der Waals surface area contributed by atoms with E-state index >= 15 is 0 Å². The van der Waals surface area contributed by atoms with Gasteiger partial charge in [-0.15, -0.1) is 0 Å². The highest BCUT2D eigenvalue weighted by Crippen LogP contribution is 2.22. The lowest BCUT2D eigenvalue weighted by Crippen LogP contribution is -2.26. The number of aryl methyl sites for hydroxylation is 1. The van der Waals surface area contributed by atoms with E-state index in [9.17, 15) is 9.59 Å². The fourth-order valence-electron chi connectivity index (χ4n) is 3.64. The first-order chi connectivity index (χ1) is 17.1. The molecule has 0 radical (unpaired) electrons. The minimum Gasteiger partial charge on any atom is -0.486 e. The highest BCUT2D eigenvalue weighted by Gasteiger charge is 2.21. The zero-order valence-electron chi connectivity index (χ0n) is 18.9. The minimum atomic E-state index is -0.505.